The number of fused-ring (bicyclic) bond motifs is 1. The van der Waals surface area contributed by atoms with Gasteiger partial charge in [-0.15, -0.1) is 27.9 Å². The van der Waals surface area contributed by atoms with Crippen molar-refractivity contribution in [3.8, 4) is 5.75 Å². The van der Waals surface area contributed by atoms with E-state index in [-0.39, 0.29) is 11.6 Å². The topological polar surface area (TPSA) is 158 Å². The number of aromatic amines is 1. The maximum absolute atomic E-state index is 14.0. The first-order valence-corrected chi connectivity index (χ1v) is 17.1. The second-order valence-corrected chi connectivity index (χ2v) is 14.4. The number of hydrogen-bond acceptors (Lipinski definition) is 12. The average Bonchev–Trinajstić information content (AvgIpc) is 3.72. The number of aryl methyl sites for hydroxylation is 2. The molecule has 14 nitrogen and oxygen atoms in total. The van der Waals surface area contributed by atoms with Gasteiger partial charge in [0.2, 0.25) is 5.78 Å². The Balaban J connectivity index is 1.33. The van der Waals surface area contributed by atoms with E-state index in [0.29, 0.717) is 12.3 Å². The predicted molar refractivity (Wildman–Crippen MR) is 168 cm³/mol. The summed E-state index contributed by atoms with van der Waals surface area (Å²) in [6, 6.07) is 10.8. The number of sulfonamides is 1. The maximum Gasteiger partial charge on any atom is 0.283 e. The van der Waals surface area contributed by atoms with E-state index in [4.69, 9.17) is 4.74 Å². The molecule has 1 aromatic carbocycles. The number of thiophene rings is 1. The molecule has 2 atom stereocenters. The molecule has 5 heterocycles. The van der Waals surface area contributed by atoms with E-state index in [9.17, 15) is 18.0 Å². The van der Waals surface area contributed by atoms with E-state index in [1.165, 1.54) is 30.0 Å². The van der Waals surface area contributed by atoms with Crippen LogP contribution in [0.1, 0.15) is 21.6 Å². The monoisotopic (exact) mass is 657 g/mol. The summed E-state index contributed by atoms with van der Waals surface area (Å²) in [7, 11) is -2.63. The number of hydrogen-bond donors (Lipinski definition) is 2. The Morgan fingerprint density at radius 1 is 1.14 bits per heavy atom. The highest BCUT2D eigenvalue weighted by atomic mass is 32.2. The molecule has 0 aliphatic carbocycles. The summed E-state index contributed by atoms with van der Waals surface area (Å²) in [6.07, 6.45) is 1.02. The van der Waals surface area contributed by atoms with Crippen molar-refractivity contribution < 1.29 is 17.9 Å². The van der Waals surface area contributed by atoms with Gasteiger partial charge in [0, 0.05) is 37.6 Å². The fourth-order valence-corrected chi connectivity index (χ4v) is 8.58. The molecule has 2 saturated heterocycles. The Morgan fingerprint density at radius 3 is 2.59 bits per heavy atom. The van der Waals surface area contributed by atoms with E-state index in [1.807, 2.05) is 36.6 Å². The van der Waals surface area contributed by atoms with Crippen molar-refractivity contribution in [1.82, 2.24) is 39.2 Å². The van der Waals surface area contributed by atoms with Crippen molar-refractivity contribution in [2.75, 3.05) is 39.8 Å². The zero-order valence-electron chi connectivity index (χ0n) is 24.2. The van der Waals surface area contributed by atoms with Crippen molar-refractivity contribution in [3.63, 3.8) is 0 Å². The molecule has 17 heteroatoms. The summed E-state index contributed by atoms with van der Waals surface area (Å²) in [4.78, 5) is 42.8. The predicted octanol–water partition coefficient (Wildman–Crippen LogP) is 1.92. The van der Waals surface area contributed by atoms with Gasteiger partial charge in [-0.25, -0.2) is 22.9 Å². The van der Waals surface area contributed by atoms with Gasteiger partial charge in [-0.3, -0.25) is 14.5 Å². The van der Waals surface area contributed by atoms with Crippen LogP contribution < -0.4 is 15.1 Å². The number of aromatic nitrogens is 4. The van der Waals surface area contributed by atoms with E-state index < -0.39 is 42.8 Å². The van der Waals surface area contributed by atoms with Gasteiger partial charge in [0.25, 0.3) is 21.5 Å². The van der Waals surface area contributed by atoms with Crippen molar-refractivity contribution in [3.05, 3.63) is 68.4 Å². The number of carbonyl (C=O) groups is 1. The van der Waals surface area contributed by atoms with Crippen LogP contribution in [0, 0.1) is 13.8 Å². The molecule has 6 rings (SSSR count). The molecular formula is C27H31N9O5S3. The fraction of sp³-hybridized carbons (Fsp3) is 0.370. The number of H-pyrrole nitrogens is 1. The van der Waals surface area contributed by atoms with Crippen LogP contribution >= 0.6 is 23.1 Å². The van der Waals surface area contributed by atoms with E-state index in [1.54, 1.807) is 12.1 Å². The van der Waals surface area contributed by atoms with Crippen LogP contribution in [0.25, 0.3) is 5.78 Å². The second-order valence-electron chi connectivity index (χ2n) is 10.6. The summed E-state index contributed by atoms with van der Waals surface area (Å²) in [5.74, 6) is -0.138. The SMILES string of the molecule is Cc1ccc(O/C=N/c2nc3[nH]nc(C)n3c(=O)c2S(=O)(=O)NN2C(=O)C(CN3CCN(C)CC3)SC2c2cccs2)cc1. The van der Waals surface area contributed by atoms with Crippen LogP contribution in [-0.2, 0) is 14.8 Å². The lowest BCUT2D eigenvalue weighted by Crippen LogP contribution is -2.50. The molecule has 232 valence electrons. The molecule has 0 radical (unpaired) electrons. The number of rotatable bonds is 9. The number of hydrazine groups is 1. The van der Waals surface area contributed by atoms with Gasteiger partial charge in [-0.1, -0.05) is 23.8 Å². The number of benzene rings is 1. The smallest absolute Gasteiger partial charge is 0.283 e. The molecule has 44 heavy (non-hydrogen) atoms. The van der Waals surface area contributed by atoms with Crippen LogP contribution in [0.5, 0.6) is 5.75 Å². The van der Waals surface area contributed by atoms with Gasteiger partial charge >= 0.3 is 0 Å². The number of piperazine rings is 1. The second kappa shape index (κ2) is 12.4. The van der Waals surface area contributed by atoms with Crippen LogP contribution in [0.3, 0.4) is 0 Å². The van der Waals surface area contributed by atoms with Gasteiger partial charge in [0.1, 0.15) is 22.2 Å². The van der Waals surface area contributed by atoms with Crippen molar-refractivity contribution in [2.45, 2.75) is 29.4 Å². The van der Waals surface area contributed by atoms with Gasteiger partial charge in [0.15, 0.2) is 17.1 Å². The van der Waals surface area contributed by atoms with Gasteiger partial charge in [-0.05, 0) is 44.5 Å². The quantitative estimate of drug-likeness (QED) is 0.201. The molecule has 2 fully saturated rings. The number of carbonyl (C=O) groups excluding carboxylic acids is 1. The highest BCUT2D eigenvalue weighted by Crippen LogP contribution is 2.44. The maximum atomic E-state index is 14.0. The Bertz CT molecular complexity index is 1850. The van der Waals surface area contributed by atoms with E-state index in [2.05, 4.69) is 41.9 Å². The number of nitrogens with one attached hydrogen (secondary N) is 2. The molecule has 1 amide bonds. The largest absolute Gasteiger partial charge is 0.446 e. The van der Waals surface area contributed by atoms with Crippen molar-refractivity contribution in [2.24, 2.45) is 4.99 Å². The lowest BCUT2D eigenvalue weighted by Gasteiger charge is -2.33. The molecule has 4 aromatic rings. The van der Waals surface area contributed by atoms with Gasteiger partial charge < -0.3 is 9.64 Å². The third kappa shape index (κ3) is 6.15. The average molecular weight is 658 g/mol. The summed E-state index contributed by atoms with van der Waals surface area (Å²) < 4.78 is 34.7. The Hall–Kier alpha value is -3.61. The standard InChI is InChI=1S/C27H31N9O5S3/c1-17-6-8-19(9-7-17)41-16-28-23-22(25(38)35-18(2)30-31-27(35)29-23)44(39,40)32-36-24(37)21(15-34-12-10-33(3)11-13-34)43-26(36)20-5-4-14-42-20/h4-9,14,16,21,26,32H,10-13,15H2,1-3H3,(H,29,31)/b28-16+. The molecule has 2 N–H and O–H groups in total. The molecule has 2 unspecified atom stereocenters. The highest BCUT2D eigenvalue weighted by Gasteiger charge is 2.45. The minimum atomic E-state index is -4.69. The van der Waals surface area contributed by atoms with Gasteiger partial charge in [-0.2, -0.15) is 15.1 Å². The minimum Gasteiger partial charge on any atom is -0.446 e. The van der Waals surface area contributed by atoms with Crippen LogP contribution in [0.4, 0.5) is 5.82 Å². The molecule has 2 aliphatic heterocycles. The zero-order chi connectivity index (χ0) is 31.0. The Morgan fingerprint density at radius 2 is 1.89 bits per heavy atom. The number of aliphatic imine (C=N–C) groups is 1. The molecule has 0 bridgehead atoms. The normalized spacial score (nSPS) is 20.3. The van der Waals surface area contributed by atoms with E-state index in [0.717, 1.165) is 52.4 Å². The zero-order valence-corrected chi connectivity index (χ0v) is 26.7. The summed E-state index contributed by atoms with van der Waals surface area (Å²) in [6.45, 7) is 7.36. The third-order valence-electron chi connectivity index (χ3n) is 7.38. The molecule has 2 aliphatic rings. The number of thioether (sulfide) groups is 1. The van der Waals surface area contributed by atoms with E-state index >= 15 is 0 Å². The first-order valence-electron chi connectivity index (χ1n) is 13.8. The lowest BCUT2D eigenvalue weighted by molar-refractivity contribution is -0.132. The van der Waals surface area contributed by atoms with Crippen LogP contribution in [-0.4, -0.2) is 100 Å². The number of ether oxygens (including phenoxy) is 1. The molecule has 0 saturated carbocycles. The number of likely N-dealkylation sites (N-methyl/N-ethyl adjacent to an activating group) is 1. The third-order valence-corrected chi connectivity index (χ3v) is 11.2. The lowest BCUT2D eigenvalue weighted by atomic mass is 10.2. The Kier molecular flexibility index (Phi) is 8.58. The minimum absolute atomic E-state index is 0.00504. The Labute approximate surface area is 261 Å². The summed E-state index contributed by atoms with van der Waals surface area (Å²) in [5.41, 5.74) is 0.113. The van der Waals surface area contributed by atoms with Crippen molar-refractivity contribution >= 4 is 57.0 Å². The number of amides is 1. The summed E-state index contributed by atoms with van der Waals surface area (Å²) in [5, 5.41) is 8.45. The first-order chi connectivity index (χ1) is 21.1. The van der Waals surface area contributed by atoms with Gasteiger partial charge in [0.05, 0.1) is 0 Å². The number of nitrogens with zero attached hydrogens (tertiary/aromatic N) is 7. The fourth-order valence-electron chi connectivity index (χ4n) is 4.95. The van der Waals surface area contributed by atoms with Crippen LogP contribution in [0.15, 0.2) is 56.5 Å². The first kappa shape index (κ1) is 30.4. The molecule has 0 spiro atoms. The van der Waals surface area contributed by atoms with Crippen LogP contribution in [0.2, 0.25) is 0 Å². The summed E-state index contributed by atoms with van der Waals surface area (Å²) >= 11 is 2.80. The molecular weight excluding hydrogens is 627 g/mol. The highest BCUT2D eigenvalue weighted by molar-refractivity contribution is 8.01. The van der Waals surface area contributed by atoms with Crippen molar-refractivity contribution in [1.29, 1.82) is 0 Å². The molecule has 3 aromatic heterocycles.